The third-order valence-electron chi connectivity index (χ3n) is 5.92. The first kappa shape index (κ1) is 20.9. The molecule has 2 heterocycles. The molecule has 0 saturated carbocycles. The molecule has 6 nitrogen and oxygen atoms in total. The summed E-state index contributed by atoms with van der Waals surface area (Å²) in [6.45, 7) is 5.14. The lowest BCUT2D eigenvalue weighted by Gasteiger charge is -2.30. The summed E-state index contributed by atoms with van der Waals surface area (Å²) < 4.78 is 2.03. The molecule has 31 heavy (non-hydrogen) atoms. The molecule has 1 saturated heterocycles. The Kier molecular flexibility index (Phi) is 5.91. The van der Waals surface area contributed by atoms with Gasteiger partial charge in [-0.2, -0.15) is 0 Å². The minimum Gasteiger partial charge on any atom is -0.350 e. The molecule has 6 heteroatoms. The maximum Gasteiger partial charge on any atom is 0.270 e. The van der Waals surface area contributed by atoms with Crippen LogP contribution in [0.25, 0.3) is 17.0 Å². The fourth-order valence-electron chi connectivity index (χ4n) is 3.96. The average molecular weight is 418 g/mol. The number of quaternary nitrogens is 1. The number of aryl methyl sites for hydroxylation is 2. The largest absolute Gasteiger partial charge is 0.350 e. The molecule has 0 spiro atoms. The van der Waals surface area contributed by atoms with Gasteiger partial charge < -0.3 is 19.7 Å². The summed E-state index contributed by atoms with van der Waals surface area (Å²) in [5.41, 5.74) is 3.91. The Hall–Kier alpha value is -3.38. The summed E-state index contributed by atoms with van der Waals surface area (Å²) in [4.78, 5) is 29.6. The smallest absolute Gasteiger partial charge is 0.270 e. The lowest BCUT2D eigenvalue weighted by molar-refractivity contribution is -0.883. The van der Waals surface area contributed by atoms with Crippen LogP contribution in [0.15, 0.2) is 60.4 Å². The topological polar surface area (TPSA) is 58.8 Å². The zero-order chi connectivity index (χ0) is 22.0. The highest BCUT2D eigenvalue weighted by molar-refractivity contribution is 6.06. The van der Waals surface area contributed by atoms with E-state index in [9.17, 15) is 9.59 Å². The molecular formula is C25H29N4O2+. The molecule has 2 amide bonds. The number of aromatic nitrogens is 1. The van der Waals surface area contributed by atoms with E-state index in [1.54, 1.807) is 12.1 Å². The van der Waals surface area contributed by atoms with Gasteiger partial charge in [0.05, 0.1) is 33.2 Å². The van der Waals surface area contributed by atoms with Gasteiger partial charge in [-0.05, 0) is 31.2 Å². The van der Waals surface area contributed by atoms with Gasteiger partial charge in [0.25, 0.3) is 11.8 Å². The second-order valence-electron chi connectivity index (χ2n) is 8.34. The van der Waals surface area contributed by atoms with Crippen LogP contribution in [0.1, 0.15) is 21.5 Å². The van der Waals surface area contributed by atoms with Crippen LogP contribution in [0.2, 0.25) is 0 Å². The summed E-state index contributed by atoms with van der Waals surface area (Å²) in [5.74, 6) is -0.416. The Bertz CT molecular complexity index is 1140. The van der Waals surface area contributed by atoms with Crippen LogP contribution in [0.5, 0.6) is 0 Å². The Morgan fingerprint density at radius 3 is 2.42 bits per heavy atom. The van der Waals surface area contributed by atoms with Crippen molar-refractivity contribution in [3.63, 3.8) is 0 Å². The van der Waals surface area contributed by atoms with E-state index in [0.717, 1.165) is 35.1 Å². The van der Waals surface area contributed by atoms with Crippen molar-refractivity contribution in [3.8, 4) is 0 Å². The van der Waals surface area contributed by atoms with Gasteiger partial charge in [0, 0.05) is 35.3 Å². The van der Waals surface area contributed by atoms with Crippen molar-refractivity contribution in [2.24, 2.45) is 7.05 Å². The zero-order valence-corrected chi connectivity index (χ0v) is 18.3. The van der Waals surface area contributed by atoms with E-state index in [4.69, 9.17) is 0 Å². The van der Waals surface area contributed by atoms with Crippen LogP contribution < -0.4 is 10.2 Å². The van der Waals surface area contributed by atoms with E-state index >= 15 is 0 Å². The highest BCUT2D eigenvalue weighted by Crippen LogP contribution is 2.23. The summed E-state index contributed by atoms with van der Waals surface area (Å²) in [5, 5.41) is 3.94. The first-order chi connectivity index (χ1) is 14.9. The number of piperazine rings is 1. The van der Waals surface area contributed by atoms with Gasteiger partial charge in [0.15, 0.2) is 0 Å². The van der Waals surface area contributed by atoms with Crippen molar-refractivity contribution >= 4 is 28.8 Å². The summed E-state index contributed by atoms with van der Waals surface area (Å²) >= 11 is 0. The van der Waals surface area contributed by atoms with Gasteiger partial charge in [-0.3, -0.25) is 9.59 Å². The van der Waals surface area contributed by atoms with Gasteiger partial charge in [-0.25, -0.2) is 0 Å². The van der Waals surface area contributed by atoms with Gasteiger partial charge >= 0.3 is 0 Å². The van der Waals surface area contributed by atoms with Crippen molar-refractivity contribution in [2.75, 3.05) is 33.2 Å². The fourth-order valence-corrected chi connectivity index (χ4v) is 3.96. The van der Waals surface area contributed by atoms with E-state index in [0.29, 0.717) is 24.4 Å². The van der Waals surface area contributed by atoms with Gasteiger partial charge in [0.2, 0.25) is 0 Å². The molecule has 0 atom stereocenters. The van der Waals surface area contributed by atoms with Crippen molar-refractivity contribution < 1.29 is 14.5 Å². The molecule has 3 aromatic rings. The molecular weight excluding hydrogens is 388 g/mol. The lowest BCUT2D eigenvalue weighted by Crippen LogP contribution is -3.12. The molecule has 0 radical (unpaired) electrons. The first-order valence-corrected chi connectivity index (χ1v) is 10.7. The van der Waals surface area contributed by atoms with Gasteiger partial charge in [0.1, 0.15) is 5.70 Å². The molecule has 0 bridgehead atoms. The Morgan fingerprint density at radius 1 is 1.03 bits per heavy atom. The van der Waals surface area contributed by atoms with Gasteiger partial charge in [-0.1, -0.05) is 35.9 Å². The van der Waals surface area contributed by atoms with Gasteiger partial charge in [-0.15, -0.1) is 0 Å². The number of para-hydroxylation sites is 1. The molecule has 0 unspecified atom stereocenters. The van der Waals surface area contributed by atoms with E-state index in [-0.39, 0.29) is 11.8 Å². The normalized spacial score (nSPS) is 15.3. The number of likely N-dealkylation sites (N-methyl/N-ethyl adjacent to an activating group) is 1. The number of rotatable bonds is 4. The summed E-state index contributed by atoms with van der Waals surface area (Å²) in [6.07, 6.45) is 3.80. The monoisotopic (exact) mass is 417 g/mol. The summed E-state index contributed by atoms with van der Waals surface area (Å²) in [6, 6.07) is 15.4. The molecule has 1 fully saturated rings. The molecule has 1 aliphatic rings. The molecule has 2 aromatic carbocycles. The van der Waals surface area contributed by atoms with E-state index in [1.165, 1.54) is 4.90 Å². The SMILES string of the molecule is Cc1ccc(C(=O)N/C(=C\c2cn(C)c3ccccc23)C(=O)N2CC[NH+](C)CC2)cc1. The second-order valence-corrected chi connectivity index (χ2v) is 8.34. The summed E-state index contributed by atoms with van der Waals surface area (Å²) in [7, 11) is 4.11. The van der Waals surface area contributed by atoms with Crippen molar-refractivity contribution in [3.05, 3.63) is 77.1 Å². The van der Waals surface area contributed by atoms with E-state index in [2.05, 4.69) is 12.4 Å². The van der Waals surface area contributed by atoms with Crippen molar-refractivity contribution in [1.29, 1.82) is 0 Å². The minimum absolute atomic E-state index is 0.138. The zero-order valence-electron chi connectivity index (χ0n) is 18.3. The number of hydrogen-bond acceptors (Lipinski definition) is 2. The van der Waals surface area contributed by atoms with Crippen LogP contribution in [0.3, 0.4) is 0 Å². The number of hydrogen-bond donors (Lipinski definition) is 2. The maximum atomic E-state index is 13.4. The Labute approximate surface area is 182 Å². The highest BCUT2D eigenvalue weighted by Gasteiger charge is 2.25. The van der Waals surface area contributed by atoms with Crippen LogP contribution in [0.4, 0.5) is 0 Å². The minimum atomic E-state index is -0.278. The van der Waals surface area contributed by atoms with E-state index in [1.807, 2.05) is 72.1 Å². The molecule has 1 aliphatic heterocycles. The number of fused-ring (bicyclic) bond motifs is 1. The van der Waals surface area contributed by atoms with Crippen LogP contribution in [0, 0.1) is 6.92 Å². The molecule has 1 aromatic heterocycles. The fraction of sp³-hybridized carbons (Fsp3) is 0.280. The molecule has 160 valence electrons. The lowest BCUT2D eigenvalue weighted by atomic mass is 10.1. The number of nitrogens with zero attached hydrogens (tertiary/aromatic N) is 2. The van der Waals surface area contributed by atoms with Crippen LogP contribution in [-0.4, -0.2) is 54.5 Å². The quantitative estimate of drug-likeness (QED) is 0.634. The predicted molar refractivity (Wildman–Crippen MR) is 123 cm³/mol. The number of carbonyl (C=O) groups excluding carboxylic acids is 2. The second kappa shape index (κ2) is 8.78. The van der Waals surface area contributed by atoms with Crippen LogP contribution in [-0.2, 0) is 11.8 Å². The number of carbonyl (C=O) groups is 2. The Morgan fingerprint density at radius 2 is 1.71 bits per heavy atom. The van der Waals surface area contributed by atoms with Crippen molar-refractivity contribution in [2.45, 2.75) is 6.92 Å². The average Bonchev–Trinajstić information content (AvgIpc) is 3.09. The number of amides is 2. The first-order valence-electron chi connectivity index (χ1n) is 10.7. The van der Waals surface area contributed by atoms with Crippen molar-refractivity contribution in [1.82, 2.24) is 14.8 Å². The predicted octanol–water partition coefficient (Wildman–Crippen LogP) is 1.61. The third-order valence-corrected chi connectivity index (χ3v) is 5.92. The Balaban J connectivity index is 1.69. The van der Waals surface area contributed by atoms with E-state index < -0.39 is 0 Å². The maximum absolute atomic E-state index is 13.4. The third kappa shape index (κ3) is 4.54. The molecule has 0 aliphatic carbocycles. The molecule has 4 rings (SSSR count). The number of nitrogens with one attached hydrogen (secondary N) is 2. The van der Waals surface area contributed by atoms with Crippen LogP contribution >= 0.6 is 0 Å². The highest BCUT2D eigenvalue weighted by atomic mass is 16.2. The standard InChI is InChI=1S/C25H28N4O2/c1-18-8-10-19(11-9-18)24(30)26-22(25(31)29-14-12-27(2)13-15-29)16-20-17-28(3)23-7-5-4-6-21(20)23/h4-11,16-17H,12-15H2,1-3H3,(H,26,30)/p+1/b22-16-. The molecule has 2 N–H and O–H groups in total. The number of benzene rings is 2.